The number of aromatic nitrogens is 2. The average Bonchev–Trinajstić information content (AvgIpc) is 3.16. The van der Waals surface area contributed by atoms with E-state index < -0.39 is 0 Å². The molecule has 2 aromatic carbocycles. The lowest BCUT2D eigenvalue weighted by Crippen LogP contribution is -2.26. The molecule has 0 spiro atoms. The fourth-order valence-corrected chi connectivity index (χ4v) is 5.34. The number of para-hydroxylation sites is 2. The average molecular weight is 454 g/mol. The first-order valence-corrected chi connectivity index (χ1v) is 11.8. The maximum Gasteiger partial charge on any atom is 0.268 e. The Kier molecular flexibility index (Phi) is 6.67. The number of hydrogen-bond donors (Lipinski definition) is 1. The number of carbonyl (C=O) groups is 1. The molecule has 1 aliphatic rings. The van der Waals surface area contributed by atoms with Gasteiger partial charge in [0.05, 0.1) is 35.7 Å². The molecule has 0 radical (unpaired) electrons. The monoisotopic (exact) mass is 453 g/mol. The molecule has 1 N–H and O–H groups in total. The highest BCUT2D eigenvalue weighted by molar-refractivity contribution is 8.00. The molecule has 1 atom stereocenters. The zero-order chi connectivity index (χ0) is 21.8. The molecule has 8 heteroatoms. The molecule has 0 saturated heterocycles. The van der Waals surface area contributed by atoms with Gasteiger partial charge in [-0.05, 0) is 17.7 Å². The normalized spacial score (nSPS) is 14.8. The maximum absolute atomic E-state index is 13.2. The highest BCUT2D eigenvalue weighted by Crippen LogP contribution is 2.34. The van der Waals surface area contributed by atoms with Crippen LogP contribution in [0.1, 0.15) is 18.2 Å². The van der Waals surface area contributed by atoms with E-state index in [1.807, 2.05) is 42.5 Å². The van der Waals surface area contributed by atoms with Gasteiger partial charge in [-0.2, -0.15) is 0 Å². The van der Waals surface area contributed by atoms with Gasteiger partial charge in [0.1, 0.15) is 5.75 Å². The van der Waals surface area contributed by atoms with Crippen LogP contribution in [0.5, 0.6) is 5.75 Å². The molecule has 1 aromatic heterocycles. The van der Waals surface area contributed by atoms with Gasteiger partial charge in [-0.3, -0.25) is 14.2 Å². The fourth-order valence-electron chi connectivity index (χ4n) is 3.41. The predicted molar refractivity (Wildman–Crippen MR) is 125 cm³/mol. The number of methoxy groups -OCH3 is 1. The molecular weight excluding hydrogens is 430 g/mol. The predicted octanol–water partition coefficient (Wildman–Crippen LogP) is 4.07. The third-order valence-electron chi connectivity index (χ3n) is 4.86. The van der Waals surface area contributed by atoms with E-state index >= 15 is 0 Å². The lowest BCUT2D eigenvalue weighted by Gasteiger charge is -2.14. The van der Waals surface area contributed by atoms with Crippen LogP contribution >= 0.6 is 23.5 Å². The summed E-state index contributed by atoms with van der Waals surface area (Å²) in [6.45, 7) is 2.52. The van der Waals surface area contributed by atoms with Crippen LogP contribution < -0.4 is 15.6 Å². The zero-order valence-electron chi connectivity index (χ0n) is 17.3. The first-order valence-electron chi connectivity index (χ1n) is 9.95. The molecule has 0 unspecified atom stereocenters. The van der Waals surface area contributed by atoms with Gasteiger partial charge in [0.15, 0.2) is 5.16 Å². The molecule has 31 heavy (non-hydrogen) atoms. The Balaban J connectivity index is 1.57. The largest absolute Gasteiger partial charge is 0.495 e. The minimum absolute atomic E-state index is 0.0316. The second kappa shape index (κ2) is 9.62. The number of nitrogens with zero attached hydrogens (tertiary/aromatic N) is 2. The molecule has 6 nitrogen and oxygen atoms in total. The van der Waals surface area contributed by atoms with Crippen molar-refractivity contribution in [2.24, 2.45) is 0 Å². The van der Waals surface area contributed by atoms with Crippen molar-refractivity contribution in [3.8, 4) is 5.75 Å². The molecular formula is C23H23N3O3S2. The molecule has 0 aliphatic carbocycles. The van der Waals surface area contributed by atoms with Gasteiger partial charge in [-0.1, -0.05) is 61.2 Å². The van der Waals surface area contributed by atoms with Crippen molar-refractivity contribution in [3.63, 3.8) is 0 Å². The van der Waals surface area contributed by atoms with E-state index in [4.69, 9.17) is 9.72 Å². The molecule has 160 valence electrons. The molecule has 1 aliphatic heterocycles. The van der Waals surface area contributed by atoms with Crippen LogP contribution in [0, 0.1) is 0 Å². The summed E-state index contributed by atoms with van der Waals surface area (Å²) < 4.78 is 6.97. The highest BCUT2D eigenvalue weighted by atomic mass is 32.2. The van der Waals surface area contributed by atoms with Crippen molar-refractivity contribution in [3.05, 3.63) is 76.2 Å². The van der Waals surface area contributed by atoms with Crippen LogP contribution in [0.2, 0.25) is 0 Å². The number of nitrogens with one attached hydrogen (secondary N) is 1. The lowest BCUT2D eigenvalue weighted by atomic mass is 10.2. The fraction of sp³-hybridized carbons (Fsp3) is 0.261. The van der Waals surface area contributed by atoms with E-state index in [0.717, 1.165) is 22.6 Å². The Morgan fingerprint density at radius 3 is 2.74 bits per heavy atom. The molecule has 0 fully saturated rings. The van der Waals surface area contributed by atoms with E-state index in [1.165, 1.54) is 11.8 Å². The van der Waals surface area contributed by atoms with Crippen LogP contribution in [-0.2, 0) is 17.8 Å². The van der Waals surface area contributed by atoms with Gasteiger partial charge < -0.3 is 10.1 Å². The van der Waals surface area contributed by atoms with Crippen LogP contribution in [0.4, 0.5) is 5.69 Å². The molecule has 0 saturated carbocycles. The number of rotatable bonds is 7. The number of carbonyl (C=O) groups excluding carboxylic acids is 1. The summed E-state index contributed by atoms with van der Waals surface area (Å²) in [5.41, 5.74) is 2.43. The Morgan fingerprint density at radius 1 is 1.23 bits per heavy atom. The van der Waals surface area contributed by atoms with Crippen molar-refractivity contribution in [1.82, 2.24) is 9.55 Å². The third-order valence-corrected chi connectivity index (χ3v) is 7.05. The van der Waals surface area contributed by atoms with Crippen molar-refractivity contribution >= 4 is 35.1 Å². The number of thioether (sulfide) groups is 2. The molecule has 3 aromatic rings. The van der Waals surface area contributed by atoms with Crippen molar-refractivity contribution in [2.75, 3.05) is 18.2 Å². The first kappa shape index (κ1) is 21.5. The van der Waals surface area contributed by atoms with Gasteiger partial charge >= 0.3 is 0 Å². The SMILES string of the molecule is COc1ccccc1NC(=O)CSc1nc2c(c(=O)n1Cc1ccccc1)S[C@H](C)C2. The Labute approximate surface area is 189 Å². The topological polar surface area (TPSA) is 73.2 Å². The summed E-state index contributed by atoms with van der Waals surface area (Å²) in [5.74, 6) is 0.558. The van der Waals surface area contributed by atoms with Crippen molar-refractivity contribution < 1.29 is 9.53 Å². The van der Waals surface area contributed by atoms with Crippen LogP contribution in [-0.4, -0.2) is 33.6 Å². The van der Waals surface area contributed by atoms with Gasteiger partial charge in [0.2, 0.25) is 5.91 Å². The van der Waals surface area contributed by atoms with Crippen molar-refractivity contribution in [1.29, 1.82) is 0 Å². The molecule has 1 amide bonds. The minimum Gasteiger partial charge on any atom is -0.495 e. The molecule has 2 heterocycles. The smallest absolute Gasteiger partial charge is 0.268 e. The van der Waals surface area contributed by atoms with E-state index in [9.17, 15) is 9.59 Å². The summed E-state index contributed by atoms with van der Waals surface area (Å²) in [6, 6.07) is 17.1. The number of benzene rings is 2. The minimum atomic E-state index is -0.182. The summed E-state index contributed by atoms with van der Waals surface area (Å²) >= 11 is 2.86. The second-order valence-electron chi connectivity index (χ2n) is 7.22. The van der Waals surface area contributed by atoms with E-state index in [0.29, 0.717) is 28.4 Å². The van der Waals surface area contributed by atoms with E-state index in [1.54, 1.807) is 35.6 Å². The van der Waals surface area contributed by atoms with Crippen LogP contribution in [0.25, 0.3) is 0 Å². The summed E-state index contributed by atoms with van der Waals surface area (Å²) in [6.07, 6.45) is 0.766. The number of hydrogen-bond acceptors (Lipinski definition) is 6. The van der Waals surface area contributed by atoms with Gasteiger partial charge in [0, 0.05) is 11.7 Å². The quantitative estimate of drug-likeness (QED) is 0.430. The van der Waals surface area contributed by atoms with Crippen LogP contribution in [0.15, 0.2) is 69.4 Å². The number of ether oxygens (including phenoxy) is 1. The summed E-state index contributed by atoms with van der Waals surface area (Å²) in [5, 5.41) is 3.77. The Hall–Kier alpha value is -2.71. The van der Waals surface area contributed by atoms with E-state index in [-0.39, 0.29) is 17.2 Å². The molecule has 0 bridgehead atoms. The standard InChI is InChI=1S/C23H23N3O3S2/c1-15-12-18-21(31-15)22(28)26(13-16-8-4-3-5-9-16)23(25-18)30-14-20(27)24-17-10-6-7-11-19(17)29-2/h3-11,15H,12-14H2,1-2H3,(H,24,27)/t15-/m1/s1. The number of fused-ring (bicyclic) bond motifs is 1. The first-order chi connectivity index (χ1) is 15.0. The summed E-state index contributed by atoms with van der Waals surface area (Å²) in [4.78, 5) is 31.3. The Bertz CT molecular complexity index is 1150. The second-order valence-corrected chi connectivity index (χ2v) is 9.61. The van der Waals surface area contributed by atoms with Gasteiger partial charge in [-0.15, -0.1) is 11.8 Å². The van der Waals surface area contributed by atoms with Gasteiger partial charge in [0.25, 0.3) is 5.56 Å². The van der Waals surface area contributed by atoms with E-state index in [2.05, 4.69) is 12.2 Å². The Morgan fingerprint density at radius 2 is 1.97 bits per heavy atom. The lowest BCUT2D eigenvalue weighted by molar-refractivity contribution is -0.113. The number of anilines is 1. The summed E-state index contributed by atoms with van der Waals surface area (Å²) in [7, 11) is 1.56. The zero-order valence-corrected chi connectivity index (χ0v) is 19.0. The number of amides is 1. The highest BCUT2D eigenvalue weighted by Gasteiger charge is 2.26. The molecule has 4 rings (SSSR count). The van der Waals surface area contributed by atoms with Crippen LogP contribution in [0.3, 0.4) is 0 Å². The third kappa shape index (κ3) is 4.97. The maximum atomic E-state index is 13.2. The van der Waals surface area contributed by atoms with Crippen molar-refractivity contribution in [2.45, 2.75) is 35.2 Å². The van der Waals surface area contributed by atoms with Gasteiger partial charge in [-0.25, -0.2) is 4.98 Å².